The molecule has 0 radical (unpaired) electrons. The van der Waals surface area contributed by atoms with E-state index in [1.165, 1.54) is 19.2 Å². The molecule has 78 valence electrons. The molecule has 5 heteroatoms. The van der Waals surface area contributed by atoms with Gasteiger partial charge in [0.05, 0.1) is 7.11 Å². The van der Waals surface area contributed by atoms with Crippen molar-refractivity contribution in [3.8, 4) is 11.5 Å². The molecule has 1 aromatic carbocycles. The molecular weight excluding hydrogens is 204 g/mol. The van der Waals surface area contributed by atoms with Crippen LogP contribution in [-0.4, -0.2) is 26.9 Å². The summed E-state index contributed by atoms with van der Waals surface area (Å²) < 4.78 is 27.5. The molecule has 0 aliphatic carbocycles. The van der Waals surface area contributed by atoms with Crippen LogP contribution in [0.1, 0.15) is 5.56 Å². The van der Waals surface area contributed by atoms with Crippen molar-refractivity contribution in [2.24, 2.45) is 0 Å². The molecule has 0 aromatic heterocycles. The molecule has 14 heavy (non-hydrogen) atoms. The van der Waals surface area contributed by atoms with Crippen molar-refractivity contribution in [2.75, 3.05) is 13.4 Å². The lowest BCUT2D eigenvalue weighted by atomic mass is 10.2. The summed E-state index contributed by atoms with van der Waals surface area (Å²) in [6, 6.07) is 2.92. The van der Waals surface area contributed by atoms with Crippen LogP contribution in [0.15, 0.2) is 17.0 Å². The van der Waals surface area contributed by atoms with Crippen LogP contribution >= 0.6 is 0 Å². The Morgan fingerprint density at radius 2 is 1.93 bits per heavy atom. The molecule has 1 aromatic rings. The zero-order valence-electron chi connectivity index (χ0n) is 8.23. The second-order valence-electron chi connectivity index (χ2n) is 3.09. The van der Waals surface area contributed by atoms with E-state index in [1.54, 1.807) is 6.92 Å². The summed E-state index contributed by atoms with van der Waals surface area (Å²) in [6.07, 6.45) is 1.07. The number of aromatic hydroxyl groups is 1. The number of ether oxygens (including phenoxy) is 1. The Morgan fingerprint density at radius 1 is 1.36 bits per heavy atom. The Balaban J connectivity index is 3.56. The molecule has 0 saturated carbocycles. The first-order valence-electron chi connectivity index (χ1n) is 3.94. The average Bonchev–Trinajstić information content (AvgIpc) is 2.01. The fraction of sp³-hybridized carbons (Fsp3) is 0.333. The second-order valence-corrected chi connectivity index (χ2v) is 5.07. The molecule has 0 heterocycles. The molecule has 1 rings (SSSR count). The van der Waals surface area contributed by atoms with Crippen LogP contribution in [0.4, 0.5) is 0 Å². The first kappa shape index (κ1) is 10.8. The van der Waals surface area contributed by atoms with E-state index in [9.17, 15) is 13.5 Å². The largest absolute Gasteiger partial charge is 0.504 e. The summed E-state index contributed by atoms with van der Waals surface area (Å²) in [5, 5.41) is 9.45. The lowest BCUT2D eigenvalue weighted by Gasteiger charge is -2.09. The third-order valence-electron chi connectivity index (χ3n) is 1.78. The molecule has 0 bridgehead atoms. The fourth-order valence-electron chi connectivity index (χ4n) is 1.20. The highest BCUT2D eigenvalue weighted by atomic mass is 32.2. The van der Waals surface area contributed by atoms with Gasteiger partial charge in [0.15, 0.2) is 21.3 Å². The minimum atomic E-state index is -3.38. The summed E-state index contributed by atoms with van der Waals surface area (Å²) in [5.41, 5.74) is 0.670. The first-order valence-corrected chi connectivity index (χ1v) is 5.83. The Hall–Kier alpha value is -1.23. The molecule has 0 atom stereocenters. The van der Waals surface area contributed by atoms with Crippen LogP contribution in [0, 0.1) is 6.92 Å². The van der Waals surface area contributed by atoms with Crippen LogP contribution in [0.2, 0.25) is 0 Å². The third-order valence-corrected chi connectivity index (χ3v) is 2.89. The van der Waals surface area contributed by atoms with Crippen LogP contribution in [0.3, 0.4) is 0 Å². The molecule has 0 aliphatic heterocycles. The number of hydrogen-bond acceptors (Lipinski definition) is 4. The van der Waals surface area contributed by atoms with E-state index in [0.29, 0.717) is 5.56 Å². The zero-order chi connectivity index (χ0) is 10.9. The van der Waals surface area contributed by atoms with Gasteiger partial charge in [0.1, 0.15) is 4.90 Å². The highest BCUT2D eigenvalue weighted by Crippen LogP contribution is 2.34. The number of aryl methyl sites for hydroxylation is 1. The van der Waals surface area contributed by atoms with Gasteiger partial charge < -0.3 is 9.84 Å². The fourth-order valence-corrected chi connectivity index (χ4v) is 2.13. The Labute approximate surface area is 83.1 Å². The quantitative estimate of drug-likeness (QED) is 0.804. The molecule has 0 amide bonds. The van der Waals surface area contributed by atoms with Gasteiger partial charge in [0, 0.05) is 6.26 Å². The summed E-state index contributed by atoms with van der Waals surface area (Å²) in [6.45, 7) is 1.70. The van der Waals surface area contributed by atoms with Gasteiger partial charge in [-0.3, -0.25) is 0 Å². The van der Waals surface area contributed by atoms with E-state index in [-0.39, 0.29) is 16.4 Å². The van der Waals surface area contributed by atoms with Gasteiger partial charge >= 0.3 is 0 Å². The summed E-state index contributed by atoms with van der Waals surface area (Å²) >= 11 is 0. The molecule has 0 saturated heterocycles. The lowest BCUT2D eigenvalue weighted by Crippen LogP contribution is -2.01. The second kappa shape index (κ2) is 3.49. The molecule has 1 N–H and O–H groups in total. The third kappa shape index (κ3) is 1.98. The minimum absolute atomic E-state index is 0.00176. The minimum Gasteiger partial charge on any atom is -0.504 e. The Bertz CT molecular complexity index is 448. The number of rotatable bonds is 2. The van der Waals surface area contributed by atoms with Crippen LogP contribution in [0.5, 0.6) is 11.5 Å². The number of sulfone groups is 1. The smallest absolute Gasteiger partial charge is 0.179 e. The van der Waals surface area contributed by atoms with Crippen LogP contribution < -0.4 is 4.74 Å². The average molecular weight is 216 g/mol. The standard InChI is InChI=1S/C9H12O4S/c1-6-4-7(10)9(13-2)8(5-6)14(3,11)12/h4-5,10H,1-3H3. The molecule has 0 aliphatic rings. The Kier molecular flexibility index (Phi) is 2.71. The lowest BCUT2D eigenvalue weighted by molar-refractivity contribution is 0.363. The van der Waals surface area contributed by atoms with E-state index in [0.717, 1.165) is 6.26 Å². The van der Waals surface area contributed by atoms with Gasteiger partial charge in [-0.1, -0.05) is 0 Å². The molecule has 0 unspecified atom stereocenters. The molecule has 4 nitrogen and oxygen atoms in total. The topological polar surface area (TPSA) is 63.6 Å². The van der Waals surface area contributed by atoms with Gasteiger partial charge in [-0.15, -0.1) is 0 Å². The molecular formula is C9H12O4S. The molecule has 0 fully saturated rings. The van der Waals surface area contributed by atoms with E-state index in [1.807, 2.05) is 0 Å². The van der Waals surface area contributed by atoms with Crippen LogP contribution in [0.25, 0.3) is 0 Å². The summed E-state index contributed by atoms with van der Waals surface area (Å²) in [5.74, 6) is -0.161. The molecule has 0 spiro atoms. The SMILES string of the molecule is COc1c(O)cc(C)cc1S(C)(=O)=O. The first-order chi connectivity index (χ1) is 6.36. The summed E-state index contributed by atoms with van der Waals surface area (Å²) in [4.78, 5) is 0.0116. The van der Waals surface area contributed by atoms with Gasteiger partial charge in [-0.25, -0.2) is 8.42 Å². The van der Waals surface area contributed by atoms with Crippen molar-refractivity contribution in [3.63, 3.8) is 0 Å². The van der Waals surface area contributed by atoms with Gasteiger partial charge in [-0.05, 0) is 24.6 Å². The van der Waals surface area contributed by atoms with Crippen molar-refractivity contribution < 1.29 is 18.3 Å². The van der Waals surface area contributed by atoms with Crippen molar-refractivity contribution in [1.29, 1.82) is 0 Å². The predicted molar refractivity (Wildman–Crippen MR) is 52.5 cm³/mol. The normalized spacial score (nSPS) is 11.4. The highest BCUT2D eigenvalue weighted by Gasteiger charge is 2.17. The maximum Gasteiger partial charge on any atom is 0.179 e. The number of hydrogen-bond donors (Lipinski definition) is 1. The maximum atomic E-state index is 11.3. The van der Waals surface area contributed by atoms with Crippen LogP contribution in [-0.2, 0) is 9.84 Å². The van der Waals surface area contributed by atoms with Gasteiger partial charge in [-0.2, -0.15) is 0 Å². The number of benzene rings is 1. The van der Waals surface area contributed by atoms with E-state index in [4.69, 9.17) is 4.74 Å². The van der Waals surface area contributed by atoms with Gasteiger partial charge in [0.2, 0.25) is 0 Å². The number of phenols is 1. The predicted octanol–water partition coefficient (Wildman–Crippen LogP) is 1.11. The summed E-state index contributed by atoms with van der Waals surface area (Å²) in [7, 11) is -2.06. The van der Waals surface area contributed by atoms with E-state index >= 15 is 0 Å². The van der Waals surface area contributed by atoms with Gasteiger partial charge in [0.25, 0.3) is 0 Å². The van der Waals surface area contributed by atoms with E-state index in [2.05, 4.69) is 0 Å². The number of phenolic OH excluding ortho intramolecular Hbond substituents is 1. The van der Waals surface area contributed by atoms with Crippen molar-refractivity contribution in [3.05, 3.63) is 17.7 Å². The maximum absolute atomic E-state index is 11.3. The van der Waals surface area contributed by atoms with Crippen molar-refractivity contribution in [2.45, 2.75) is 11.8 Å². The van der Waals surface area contributed by atoms with E-state index < -0.39 is 9.84 Å². The zero-order valence-corrected chi connectivity index (χ0v) is 9.05. The highest BCUT2D eigenvalue weighted by molar-refractivity contribution is 7.90. The number of methoxy groups -OCH3 is 1. The monoisotopic (exact) mass is 216 g/mol. The van der Waals surface area contributed by atoms with Crippen molar-refractivity contribution >= 4 is 9.84 Å². The Morgan fingerprint density at radius 3 is 2.36 bits per heavy atom. The van der Waals surface area contributed by atoms with Crippen molar-refractivity contribution in [1.82, 2.24) is 0 Å².